The third-order valence-corrected chi connectivity index (χ3v) is 3.98. The highest BCUT2D eigenvalue weighted by Gasteiger charge is 2.14. The molecule has 0 radical (unpaired) electrons. The van der Waals surface area contributed by atoms with E-state index in [1.54, 1.807) is 0 Å². The molecule has 1 aliphatic heterocycles. The number of ether oxygens (including phenoxy) is 1. The number of hydrogen-bond donors (Lipinski definition) is 0. The number of hydrogen-bond acceptors (Lipinski definition) is 2. The minimum absolute atomic E-state index is 0.833. The Bertz CT molecular complexity index is 563. The molecule has 2 aromatic rings. The Kier molecular flexibility index (Phi) is 2.67. The predicted molar refractivity (Wildman–Crippen MR) is 70.2 cm³/mol. The Balaban J connectivity index is 2.07. The monoisotopic (exact) mass is 292 g/mol. The molecule has 0 atom stereocenters. The minimum atomic E-state index is 0.833. The molecule has 17 heavy (non-hydrogen) atoms. The van der Waals surface area contributed by atoms with E-state index >= 15 is 0 Å². The summed E-state index contributed by atoms with van der Waals surface area (Å²) in [6.07, 6.45) is 4.00. The molecule has 2 heterocycles. The van der Waals surface area contributed by atoms with E-state index in [1.165, 1.54) is 5.56 Å². The molecule has 0 unspecified atom stereocenters. The highest BCUT2D eigenvalue weighted by Crippen LogP contribution is 2.32. The van der Waals surface area contributed by atoms with E-state index < -0.39 is 0 Å². The lowest BCUT2D eigenvalue weighted by atomic mass is 10.0. The van der Waals surface area contributed by atoms with Crippen LogP contribution in [-0.4, -0.2) is 16.2 Å². The molecule has 3 rings (SSSR count). The summed E-state index contributed by atoms with van der Waals surface area (Å²) in [6, 6.07) is 6.30. The molecule has 88 valence electrons. The number of imidazole rings is 1. The lowest BCUT2D eigenvalue weighted by Crippen LogP contribution is -2.08. The first-order valence-electron chi connectivity index (χ1n) is 5.68. The number of benzene rings is 1. The fourth-order valence-corrected chi connectivity index (χ4v) is 2.54. The van der Waals surface area contributed by atoms with Gasteiger partial charge in [-0.1, -0.05) is 0 Å². The van der Waals surface area contributed by atoms with E-state index in [2.05, 4.69) is 33.0 Å². The van der Waals surface area contributed by atoms with Gasteiger partial charge in [-0.25, -0.2) is 4.98 Å². The first-order chi connectivity index (χ1) is 8.25. The molecule has 1 aromatic carbocycles. The number of rotatable bonds is 1. The first-order valence-corrected chi connectivity index (χ1v) is 6.48. The van der Waals surface area contributed by atoms with Crippen LogP contribution in [0.2, 0.25) is 0 Å². The third-order valence-electron chi connectivity index (χ3n) is 3.05. The van der Waals surface area contributed by atoms with Gasteiger partial charge in [0.05, 0.1) is 12.9 Å². The van der Waals surface area contributed by atoms with Crippen LogP contribution in [0.5, 0.6) is 5.75 Å². The van der Waals surface area contributed by atoms with Gasteiger partial charge in [0, 0.05) is 12.6 Å². The van der Waals surface area contributed by atoms with Crippen molar-refractivity contribution in [1.82, 2.24) is 9.55 Å². The van der Waals surface area contributed by atoms with E-state index in [4.69, 9.17) is 4.74 Å². The second-order valence-electron chi connectivity index (χ2n) is 4.27. The topological polar surface area (TPSA) is 27.1 Å². The van der Waals surface area contributed by atoms with Crippen LogP contribution in [-0.2, 0) is 13.5 Å². The molecule has 0 amide bonds. The zero-order valence-electron chi connectivity index (χ0n) is 9.61. The molecule has 0 N–H and O–H groups in total. The fraction of sp³-hybridized carbons (Fsp3) is 0.308. The Morgan fingerprint density at radius 3 is 3.06 bits per heavy atom. The standard InChI is InChI=1S/C13H13BrN2O/c1-16-8-15-12(13(16)14)10-4-5-11-9(7-10)3-2-6-17-11/h4-5,7-8H,2-3,6H2,1H3. The van der Waals surface area contributed by atoms with Gasteiger partial charge in [0.2, 0.25) is 0 Å². The summed E-state index contributed by atoms with van der Waals surface area (Å²) in [5.74, 6) is 1.02. The van der Waals surface area contributed by atoms with Crippen LogP contribution in [0.15, 0.2) is 29.1 Å². The molecule has 3 nitrogen and oxygen atoms in total. The Morgan fingerprint density at radius 1 is 1.41 bits per heavy atom. The molecule has 0 aliphatic carbocycles. The molecule has 1 aromatic heterocycles. The van der Waals surface area contributed by atoms with Gasteiger partial charge in [-0.2, -0.15) is 0 Å². The number of nitrogens with zero attached hydrogens (tertiary/aromatic N) is 2. The summed E-state index contributed by atoms with van der Waals surface area (Å²) >= 11 is 3.55. The molecule has 0 spiro atoms. The van der Waals surface area contributed by atoms with Crippen molar-refractivity contribution in [2.45, 2.75) is 12.8 Å². The largest absolute Gasteiger partial charge is 0.493 e. The van der Waals surface area contributed by atoms with Gasteiger partial charge in [-0.3, -0.25) is 0 Å². The summed E-state index contributed by atoms with van der Waals surface area (Å²) < 4.78 is 8.58. The minimum Gasteiger partial charge on any atom is -0.493 e. The van der Waals surface area contributed by atoms with Crippen LogP contribution >= 0.6 is 15.9 Å². The van der Waals surface area contributed by atoms with Crippen LogP contribution < -0.4 is 4.74 Å². The van der Waals surface area contributed by atoms with Gasteiger partial charge in [-0.15, -0.1) is 0 Å². The number of aromatic nitrogens is 2. The molecule has 4 heteroatoms. The summed E-state index contributed by atoms with van der Waals surface area (Å²) in [7, 11) is 1.97. The Hall–Kier alpha value is -1.29. The van der Waals surface area contributed by atoms with Gasteiger partial charge in [-0.05, 0) is 52.5 Å². The predicted octanol–water partition coefficient (Wildman–Crippen LogP) is 3.17. The molecule has 1 aliphatic rings. The summed E-state index contributed by atoms with van der Waals surface area (Å²) in [5.41, 5.74) is 3.41. The van der Waals surface area contributed by atoms with Crippen molar-refractivity contribution in [3.63, 3.8) is 0 Å². The lowest BCUT2D eigenvalue weighted by Gasteiger charge is -2.17. The molecule has 0 saturated heterocycles. The first kappa shape index (κ1) is 10.8. The van der Waals surface area contributed by atoms with Gasteiger partial charge in [0.1, 0.15) is 16.0 Å². The highest BCUT2D eigenvalue weighted by atomic mass is 79.9. The molecule has 0 bridgehead atoms. The molecular formula is C13H13BrN2O. The van der Waals surface area contributed by atoms with Crippen LogP contribution in [0.1, 0.15) is 12.0 Å². The van der Waals surface area contributed by atoms with Crippen LogP contribution in [0.4, 0.5) is 0 Å². The Labute approximate surface area is 109 Å². The second-order valence-corrected chi connectivity index (χ2v) is 5.02. The number of aryl methyl sites for hydroxylation is 2. The van der Waals surface area contributed by atoms with E-state index in [0.29, 0.717) is 0 Å². The quantitative estimate of drug-likeness (QED) is 0.807. The third kappa shape index (κ3) is 1.86. The van der Waals surface area contributed by atoms with Gasteiger partial charge in [0.25, 0.3) is 0 Å². The summed E-state index contributed by atoms with van der Waals surface area (Å²) in [4.78, 5) is 4.41. The van der Waals surface area contributed by atoms with Gasteiger partial charge < -0.3 is 9.30 Å². The van der Waals surface area contributed by atoms with Crippen molar-refractivity contribution >= 4 is 15.9 Å². The zero-order chi connectivity index (χ0) is 11.8. The van der Waals surface area contributed by atoms with Crippen molar-refractivity contribution in [3.8, 4) is 17.0 Å². The molecular weight excluding hydrogens is 280 g/mol. The van der Waals surface area contributed by atoms with Crippen molar-refractivity contribution in [1.29, 1.82) is 0 Å². The molecule has 0 fully saturated rings. The maximum Gasteiger partial charge on any atom is 0.122 e. The SMILES string of the molecule is Cn1cnc(-c2ccc3c(c2)CCCO3)c1Br. The summed E-state index contributed by atoms with van der Waals surface area (Å²) in [5, 5.41) is 0. The average Bonchev–Trinajstić information content (AvgIpc) is 2.70. The summed E-state index contributed by atoms with van der Waals surface area (Å²) in [6.45, 7) is 0.833. The van der Waals surface area contributed by atoms with Crippen molar-refractivity contribution in [2.75, 3.05) is 6.61 Å². The van der Waals surface area contributed by atoms with Gasteiger partial charge >= 0.3 is 0 Å². The van der Waals surface area contributed by atoms with Crippen LogP contribution in [0, 0.1) is 0 Å². The maximum atomic E-state index is 5.61. The van der Waals surface area contributed by atoms with Gasteiger partial charge in [0.15, 0.2) is 0 Å². The smallest absolute Gasteiger partial charge is 0.122 e. The van der Waals surface area contributed by atoms with E-state index in [0.717, 1.165) is 41.1 Å². The lowest BCUT2D eigenvalue weighted by molar-refractivity contribution is 0.288. The van der Waals surface area contributed by atoms with E-state index in [9.17, 15) is 0 Å². The van der Waals surface area contributed by atoms with Crippen LogP contribution in [0.3, 0.4) is 0 Å². The van der Waals surface area contributed by atoms with E-state index in [-0.39, 0.29) is 0 Å². The Morgan fingerprint density at radius 2 is 2.29 bits per heavy atom. The average molecular weight is 293 g/mol. The zero-order valence-corrected chi connectivity index (χ0v) is 11.2. The molecule has 0 saturated carbocycles. The van der Waals surface area contributed by atoms with Crippen LogP contribution in [0.25, 0.3) is 11.3 Å². The fourth-order valence-electron chi connectivity index (χ4n) is 2.12. The normalized spacial score (nSPS) is 14.2. The number of fused-ring (bicyclic) bond motifs is 1. The van der Waals surface area contributed by atoms with Crippen molar-refractivity contribution < 1.29 is 4.74 Å². The maximum absolute atomic E-state index is 5.61. The van der Waals surface area contributed by atoms with Crippen molar-refractivity contribution in [3.05, 3.63) is 34.7 Å². The number of halogens is 1. The van der Waals surface area contributed by atoms with Crippen molar-refractivity contribution in [2.24, 2.45) is 7.05 Å². The van der Waals surface area contributed by atoms with E-state index in [1.807, 2.05) is 24.0 Å². The highest BCUT2D eigenvalue weighted by molar-refractivity contribution is 9.10. The second kappa shape index (κ2) is 4.18.